The standard InChI is InChI=1S/C25H31F2NS.C6H16O2S.C2H6/c1-4-25(14-17(2)15-25)21-13-22(26)20(12-23(21)27)16-28-18(3)10-11-24(29-28)19-8-6-5-7-9-19;1-9(2,3)5-4-8-6-7;1-2/h5-9,12-13,17-18,24H,4,10-11,14-16H2,1-3H3;7H,4-6H2,1-3H3;1-2H3/t17?,18-,24?,25?;;/m0../s1. The van der Waals surface area contributed by atoms with Crippen LogP contribution in [-0.2, 0) is 16.7 Å². The van der Waals surface area contributed by atoms with E-state index in [-0.39, 0.29) is 23.8 Å². The van der Waals surface area contributed by atoms with Gasteiger partial charge in [-0.05, 0) is 92.4 Å². The molecule has 3 nitrogen and oxygen atoms in total. The summed E-state index contributed by atoms with van der Waals surface area (Å²) in [5, 5.41) is 8.62. The fourth-order valence-electron chi connectivity index (χ4n) is 5.58. The Morgan fingerprint density at radius 2 is 1.68 bits per heavy atom. The lowest BCUT2D eigenvalue weighted by Crippen LogP contribution is -2.40. The van der Waals surface area contributed by atoms with Crippen LogP contribution in [0.25, 0.3) is 0 Å². The summed E-state index contributed by atoms with van der Waals surface area (Å²) in [7, 11) is -0.432. The van der Waals surface area contributed by atoms with Crippen molar-refractivity contribution in [1.82, 2.24) is 4.31 Å². The van der Waals surface area contributed by atoms with Gasteiger partial charge in [-0.3, -0.25) is 0 Å². The second-order valence-corrected chi connectivity index (χ2v) is 17.7. The smallest absolute Gasteiger partial charge is 0.143 e. The molecule has 2 fully saturated rings. The third-order valence-electron chi connectivity index (χ3n) is 7.89. The topological polar surface area (TPSA) is 32.7 Å². The highest BCUT2D eigenvalue weighted by Crippen LogP contribution is 2.51. The molecule has 4 rings (SSSR count). The number of aliphatic hydroxyl groups is 1. The summed E-state index contributed by atoms with van der Waals surface area (Å²) in [5.41, 5.74) is 2.19. The Hall–Kier alpha value is -1.12. The van der Waals surface area contributed by atoms with Crippen molar-refractivity contribution in [2.75, 3.05) is 37.9 Å². The molecule has 2 aromatic rings. The van der Waals surface area contributed by atoms with E-state index in [1.807, 2.05) is 19.9 Å². The van der Waals surface area contributed by atoms with Crippen LogP contribution >= 0.6 is 22.0 Å². The first-order valence-corrected chi connectivity index (χ1v) is 18.7. The zero-order valence-corrected chi connectivity index (χ0v) is 27.6. The van der Waals surface area contributed by atoms with Crippen LogP contribution in [-0.4, -0.2) is 53.4 Å². The molecule has 2 atom stereocenters. The highest BCUT2D eigenvalue weighted by atomic mass is 32.3. The first kappa shape index (κ1) is 35.1. The van der Waals surface area contributed by atoms with Crippen LogP contribution < -0.4 is 0 Å². The third kappa shape index (κ3) is 10.0. The van der Waals surface area contributed by atoms with E-state index in [0.717, 1.165) is 37.9 Å². The number of aliphatic hydroxyl groups excluding tert-OH is 1. The number of halogens is 2. The van der Waals surface area contributed by atoms with Crippen molar-refractivity contribution in [3.63, 3.8) is 0 Å². The molecule has 7 heteroatoms. The Balaban J connectivity index is 0.000000436. The molecule has 2 aliphatic rings. The summed E-state index contributed by atoms with van der Waals surface area (Å²) in [6, 6.07) is 13.8. The molecule has 40 heavy (non-hydrogen) atoms. The Morgan fingerprint density at radius 3 is 2.23 bits per heavy atom. The van der Waals surface area contributed by atoms with E-state index in [2.05, 4.69) is 68.1 Å². The summed E-state index contributed by atoms with van der Waals surface area (Å²) in [4.78, 5) is 0. The summed E-state index contributed by atoms with van der Waals surface area (Å²) >= 11 is 1.78. The molecule has 1 unspecified atom stereocenters. The number of hydrogen-bond donors (Lipinski definition) is 1. The van der Waals surface area contributed by atoms with Crippen molar-refractivity contribution in [2.24, 2.45) is 5.92 Å². The fourth-order valence-corrected chi connectivity index (χ4v) is 7.57. The molecule has 1 heterocycles. The molecule has 228 valence electrons. The lowest BCUT2D eigenvalue weighted by Gasteiger charge is -2.47. The molecule has 1 N–H and O–H groups in total. The Bertz CT molecular complexity index is 1010. The molecule has 1 saturated heterocycles. The average molecular weight is 598 g/mol. The molecule has 0 aromatic heterocycles. The first-order chi connectivity index (χ1) is 19.0. The van der Waals surface area contributed by atoms with Gasteiger partial charge in [0.05, 0.1) is 6.61 Å². The number of ether oxygens (including phenoxy) is 1. The van der Waals surface area contributed by atoms with E-state index >= 15 is 8.78 Å². The molecule has 1 aliphatic carbocycles. The van der Waals surface area contributed by atoms with Gasteiger partial charge >= 0.3 is 0 Å². The van der Waals surface area contributed by atoms with Crippen molar-refractivity contribution >= 4 is 22.0 Å². The van der Waals surface area contributed by atoms with Crippen LogP contribution in [0, 0.1) is 17.6 Å². The lowest BCUT2D eigenvalue weighted by molar-refractivity contribution is 0.00657. The maximum Gasteiger partial charge on any atom is 0.143 e. The van der Waals surface area contributed by atoms with Crippen molar-refractivity contribution in [3.05, 3.63) is 70.8 Å². The summed E-state index contributed by atoms with van der Waals surface area (Å²) in [6.07, 6.45) is 11.6. The van der Waals surface area contributed by atoms with Crippen LogP contribution in [0.3, 0.4) is 0 Å². The van der Waals surface area contributed by atoms with Crippen LogP contribution in [0.5, 0.6) is 0 Å². The van der Waals surface area contributed by atoms with Gasteiger partial charge in [0, 0.05) is 29.2 Å². The Labute approximate surface area is 248 Å². The number of hydrogen-bond acceptors (Lipinski definition) is 4. The van der Waals surface area contributed by atoms with Crippen molar-refractivity contribution in [3.8, 4) is 0 Å². The second-order valence-electron chi connectivity index (χ2n) is 11.9. The van der Waals surface area contributed by atoms with E-state index in [0.29, 0.717) is 41.5 Å². The SMILES string of the molecule is CC.CCC1(c2cc(F)c(CN3SC(c4ccccc4)CC[C@@H]3C)cc2F)CC(C)C1.CS(C)(C)CCOCO. The maximum atomic E-state index is 15.1. The van der Waals surface area contributed by atoms with Crippen LogP contribution in [0.15, 0.2) is 42.5 Å². The van der Waals surface area contributed by atoms with Gasteiger partial charge in [0.15, 0.2) is 0 Å². The molecule has 1 saturated carbocycles. The Morgan fingerprint density at radius 1 is 1.02 bits per heavy atom. The third-order valence-corrected chi connectivity index (χ3v) is 10.8. The van der Waals surface area contributed by atoms with Crippen LogP contribution in [0.1, 0.15) is 88.7 Å². The van der Waals surface area contributed by atoms with Crippen molar-refractivity contribution < 1.29 is 18.6 Å². The van der Waals surface area contributed by atoms with Gasteiger partial charge in [0.1, 0.15) is 18.4 Å². The molecule has 1 aliphatic heterocycles. The van der Waals surface area contributed by atoms with Gasteiger partial charge in [-0.1, -0.05) is 70.0 Å². The van der Waals surface area contributed by atoms with Gasteiger partial charge < -0.3 is 9.84 Å². The largest absolute Gasteiger partial charge is 0.371 e. The van der Waals surface area contributed by atoms with E-state index in [1.54, 1.807) is 11.9 Å². The first-order valence-electron chi connectivity index (χ1n) is 14.8. The predicted octanol–water partition coefficient (Wildman–Crippen LogP) is 9.09. The summed E-state index contributed by atoms with van der Waals surface area (Å²) in [6.45, 7) is 11.4. The molecule has 0 bridgehead atoms. The highest BCUT2D eigenvalue weighted by Gasteiger charge is 2.44. The molecule has 2 aromatic carbocycles. The zero-order chi connectivity index (χ0) is 29.9. The second kappa shape index (κ2) is 16.5. The van der Waals surface area contributed by atoms with E-state index < -0.39 is 10.0 Å². The summed E-state index contributed by atoms with van der Waals surface area (Å²) < 4.78 is 37.1. The van der Waals surface area contributed by atoms with Crippen molar-refractivity contribution in [2.45, 2.75) is 90.0 Å². The van der Waals surface area contributed by atoms with E-state index in [1.165, 1.54) is 17.7 Å². The van der Waals surface area contributed by atoms with Gasteiger partial charge in [-0.15, -0.1) is 0 Å². The number of nitrogens with zero attached hydrogens (tertiary/aromatic N) is 1. The minimum Gasteiger partial charge on any atom is -0.371 e. The fraction of sp³-hybridized carbons (Fsp3) is 0.636. The maximum absolute atomic E-state index is 15.1. The molecule has 0 radical (unpaired) electrons. The minimum atomic E-state index is -0.432. The number of rotatable bonds is 9. The van der Waals surface area contributed by atoms with E-state index in [9.17, 15) is 0 Å². The minimum absolute atomic E-state index is 0.143. The zero-order valence-electron chi connectivity index (χ0n) is 26.0. The van der Waals surface area contributed by atoms with Crippen LogP contribution in [0.2, 0.25) is 0 Å². The molecule has 0 spiro atoms. The normalized spacial score (nSPS) is 25.1. The molecular formula is C33H53F2NO2S2. The lowest BCUT2D eigenvalue weighted by atomic mass is 9.58. The number of benzene rings is 2. The van der Waals surface area contributed by atoms with Crippen LogP contribution in [0.4, 0.5) is 8.78 Å². The van der Waals surface area contributed by atoms with Gasteiger partial charge in [0.2, 0.25) is 0 Å². The Kier molecular flexibility index (Phi) is 14.5. The van der Waals surface area contributed by atoms with Gasteiger partial charge in [-0.25, -0.2) is 23.1 Å². The molecule has 0 amide bonds. The quantitative estimate of drug-likeness (QED) is 0.178. The van der Waals surface area contributed by atoms with Crippen molar-refractivity contribution in [1.29, 1.82) is 0 Å². The summed E-state index contributed by atoms with van der Waals surface area (Å²) in [5.74, 6) is 1.18. The molecular weight excluding hydrogens is 544 g/mol. The monoisotopic (exact) mass is 597 g/mol. The average Bonchev–Trinajstić information content (AvgIpc) is 2.91. The highest BCUT2D eigenvalue weighted by molar-refractivity contribution is 8.32. The predicted molar refractivity (Wildman–Crippen MR) is 172 cm³/mol. The van der Waals surface area contributed by atoms with Gasteiger partial charge in [0.25, 0.3) is 0 Å². The van der Waals surface area contributed by atoms with E-state index in [4.69, 9.17) is 9.84 Å². The van der Waals surface area contributed by atoms with Gasteiger partial charge in [-0.2, -0.15) is 0 Å².